The van der Waals surface area contributed by atoms with Crippen molar-refractivity contribution >= 4 is 25.9 Å². The number of nitrogen functional groups attached to an aromatic ring is 1. The Kier molecular flexibility index (Phi) is 5.44. The zero-order valence-electron chi connectivity index (χ0n) is 16.0. The third-order valence-corrected chi connectivity index (χ3v) is 7.38. The summed E-state index contributed by atoms with van der Waals surface area (Å²) < 4.78 is 54.0. The third kappa shape index (κ3) is 4.26. The Balaban J connectivity index is 2.01. The molecule has 3 heterocycles. The molecule has 1 atom stereocenters. The normalized spacial score (nSPS) is 17.1. The molecule has 1 unspecified atom stereocenters. The van der Waals surface area contributed by atoms with E-state index in [2.05, 4.69) is 35.6 Å². The summed E-state index contributed by atoms with van der Waals surface area (Å²) in [6, 6.07) is 6.93. The molecule has 7 N–H and O–H groups in total. The maximum atomic E-state index is 13.1. The van der Waals surface area contributed by atoms with Gasteiger partial charge in [-0.3, -0.25) is 0 Å². The molecular weight excluding hydrogens is 446 g/mol. The Morgan fingerprint density at radius 1 is 1.13 bits per heavy atom. The minimum Gasteiger partial charge on any atom is -0.384 e. The number of nitrogens with two attached hydrogens (primary N) is 2. The second-order valence-corrected chi connectivity index (χ2v) is 10.0. The van der Waals surface area contributed by atoms with Crippen molar-refractivity contribution in [3.8, 4) is 22.6 Å². The largest absolute Gasteiger partial charge is 0.384 e. The second-order valence-electron chi connectivity index (χ2n) is 6.85. The molecule has 4 rings (SSSR count). The fourth-order valence-corrected chi connectivity index (χ4v) is 6.27. The van der Waals surface area contributed by atoms with Crippen LogP contribution in [0, 0.1) is 0 Å². The standard InChI is InChI=1S/C16H19N9O4S2/c17-13-3-1-2-11(20-13)10-4-5-12(31(28,29)23-9-6-7-19-8-9)15(30(18,26)27)14(10)16-21-24-25-22-16/h1-5,9,19,23H,6-8H2,(H2,17,20)(H2,18,26,27)(H,21,22,24,25). The number of tetrazole rings is 1. The molecule has 31 heavy (non-hydrogen) atoms. The van der Waals surface area contributed by atoms with Crippen LogP contribution in [0.3, 0.4) is 0 Å². The number of aromatic amines is 1. The monoisotopic (exact) mass is 465 g/mol. The topological polar surface area (TPSA) is 212 Å². The smallest absolute Gasteiger partial charge is 0.242 e. The molecule has 13 nitrogen and oxygen atoms in total. The summed E-state index contributed by atoms with van der Waals surface area (Å²) in [5.41, 5.74) is 6.11. The van der Waals surface area contributed by atoms with Crippen molar-refractivity contribution in [2.75, 3.05) is 18.8 Å². The van der Waals surface area contributed by atoms with E-state index in [0.717, 1.165) is 6.07 Å². The van der Waals surface area contributed by atoms with E-state index < -0.39 is 29.8 Å². The van der Waals surface area contributed by atoms with Crippen LogP contribution in [0.25, 0.3) is 22.6 Å². The van der Waals surface area contributed by atoms with Crippen LogP contribution in [-0.2, 0) is 20.0 Å². The predicted octanol–water partition coefficient (Wildman–Crippen LogP) is -1.20. The molecule has 0 radical (unpaired) electrons. The Labute approximate surface area is 177 Å². The number of primary sulfonamides is 1. The quantitative estimate of drug-likeness (QED) is 0.293. The highest BCUT2D eigenvalue weighted by atomic mass is 32.2. The van der Waals surface area contributed by atoms with Crippen LogP contribution < -0.4 is 20.9 Å². The first kappa shape index (κ1) is 21.3. The summed E-state index contributed by atoms with van der Waals surface area (Å²) in [6.07, 6.45) is 0.562. The maximum absolute atomic E-state index is 13.1. The molecule has 1 aliphatic heterocycles. The number of aromatic nitrogens is 5. The molecule has 2 aromatic heterocycles. The van der Waals surface area contributed by atoms with Gasteiger partial charge in [0.1, 0.15) is 15.6 Å². The number of benzene rings is 1. The van der Waals surface area contributed by atoms with Crippen molar-refractivity contribution in [2.24, 2.45) is 5.14 Å². The summed E-state index contributed by atoms with van der Waals surface area (Å²) in [5.74, 6) is 0.0173. The molecule has 0 saturated carbocycles. The Morgan fingerprint density at radius 3 is 2.55 bits per heavy atom. The minimum atomic E-state index is -4.56. The molecule has 1 aliphatic rings. The lowest BCUT2D eigenvalue weighted by atomic mass is 10.0. The van der Waals surface area contributed by atoms with Gasteiger partial charge in [-0.25, -0.2) is 31.7 Å². The first-order valence-corrected chi connectivity index (χ1v) is 12.1. The van der Waals surface area contributed by atoms with Gasteiger partial charge in [0.2, 0.25) is 25.9 Å². The summed E-state index contributed by atoms with van der Waals surface area (Å²) in [7, 11) is -8.82. The first-order valence-electron chi connectivity index (χ1n) is 9.06. The lowest BCUT2D eigenvalue weighted by molar-refractivity contribution is 0.555. The highest BCUT2D eigenvalue weighted by molar-refractivity contribution is 7.92. The van der Waals surface area contributed by atoms with Crippen LogP contribution in [0.1, 0.15) is 6.42 Å². The molecule has 1 fully saturated rings. The van der Waals surface area contributed by atoms with E-state index in [1.54, 1.807) is 18.2 Å². The van der Waals surface area contributed by atoms with Gasteiger partial charge in [0.15, 0.2) is 0 Å². The maximum Gasteiger partial charge on any atom is 0.242 e. The van der Waals surface area contributed by atoms with Crippen LogP contribution in [0.2, 0.25) is 0 Å². The fourth-order valence-electron chi connectivity index (χ4n) is 3.40. The summed E-state index contributed by atoms with van der Waals surface area (Å²) in [4.78, 5) is 3.02. The van der Waals surface area contributed by atoms with E-state index in [-0.39, 0.29) is 34.5 Å². The zero-order valence-corrected chi connectivity index (χ0v) is 17.6. The number of sulfonamides is 2. The average molecular weight is 466 g/mol. The van der Waals surface area contributed by atoms with Crippen LogP contribution in [0.4, 0.5) is 5.82 Å². The molecule has 1 saturated heterocycles. The number of anilines is 1. The summed E-state index contributed by atoms with van der Waals surface area (Å²) >= 11 is 0. The van der Waals surface area contributed by atoms with Gasteiger partial charge in [0, 0.05) is 18.2 Å². The van der Waals surface area contributed by atoms with Crippen LogP contribution in [0.15, 0.2) is 40.1 Å². The summed E-state index contributed by atoms with van der Waals surface area (Å²) in [6.45, 7) is 1.07. The molecule has 0 bridgehead atoms. The number of hydrogen-bond acceptors (Lipinski definition) is 10. The van der Waals surface area contributed by atoms with E-state index in [4.69, 9.17) is 10.9 Å². The van der Waals surface area contributed by atoms with Gasteiger partial charge in [-0.2, -0.15) is 5.21 Å². The van der Waals surface area contributed by atoms with Crippen molar-refractivity contribution < 1.29 is 16.8 Å². The first-order chi connectivity index (χ1) is 14.7. The number of pyridine rings is 1. The summed E-state index contributed by atoms with van der Waals surface area (Å²) in [5, 5.41) is 21.9. The highest BCUT2D eigenvalue weighted by Crippen LogP contribution is 2.38. The number of H-pyrrole nitrogens is 1. The van der Waals surface area contributed by atoms with Gasteiger partial charge in [-0.05, 0) is 36.4 Å². The van der Waals surface area contributed by atoms with Crippen LogP contribution in [-0.4, -0.2) is 61.6 Å². The lowest BCUT2D eigenvalue weighted by Gasteiger charge is -2.18. The predicted molar refractivity (Wildman–Crippen MR) is 110 cm³/mol. The molecule has 0 spiro atoms. The Hall–Kier alpha value is -2.98. The number of nitrogens with one attached hydrogen (secondary N) is 3. The van der Waals surface area contributed by atoms with E-state index in [1.165, 1.54) is 6.07 Å². The fraction of sp³-hybridized carbons (Fsp3) is 0.250. The van der Waals surface area contributed by atoms with Gasteiger partial charge in [0.05, 0.1) is 11.3 Å². The van der Waals surface area contributed by atoms with Gasteiger partial charge >= 0.3 is 0 Å². The van der Waals surface area contributed by atoms with Crippen molar-refractivity contribution in [3.05, 3.63) is 30.3 Å². The van der Waals surface area contributed by atoms with Crippen LogP contribution in [0.5, 0.6) is 0 Å². The van der Waals surface area contributed by atoms with E-state index in [0.29, 0.717) is 19.5 Å². The van der Waals surface area contributed by atoms with Crippen molar-refractivity contribution in [1.29, 1.82) is 0 Å². The van der Waals surface area contributed by atoms with Crippen molar-refractivity contribution in [2.45, 2.75) is 22.3 Å². The van der Waals surface area contributed by atoms with E-state index in [1.807, 2.05) is 0 Å². The molecule has 164 valence electrons. The van der Waals surface area contributed by atoms with Gasteiger partial charge in [-0.1, -0.05) is 12.1 Å². The van der Waals surface area contributed by atoms with Crippen molar-refractivity contribution in [1.82, 2.24) is 35.6 Å². The van der Waals surface area contributed by atoms with Gasteiger partial charge in [0.25, 0.3) is 0 Å². The lowest BCUT2D eigenvalue weighted by Crippen LogP contribution is -2.37. The van der Waals surface area contributed by atoms with Gasteiger partial charge < -0.3 is 11.1 Å². The Morgan fingerprint density at radius 2 is 1.94 bits per heavy atom. The minimum absolute atomic E-state index is 0.151. The second kappa shape index (κ2) is 7.93. The molecule has 15 heteroatoms. The molecule has 3 aromatic rings. The number of nitrogens with zero attached hydrogens (tertiary/aromatic N) is 4. The van der Waals surface area contributed by atoms with E-state index in [9.17, 15) is 16.8 Å². The number of rotatable bonds is 6. The number of hydrogen-bond donors (Lipinski definition) is 5. The highest BCUT2D eigenvalue weighted by Gasteiger charge is 2.33. The Bertz CT molecular complexity index is 1320. The molecule has 0 aliphatic carbocycles. The van der Waals surface area contributed by atoms with Crippen LogP contribution >= 0.6 is 0 Å². The third-order valence-electron chi connectivity index (χ3n) is 4.69. The SMILES string of the molecule is Nc1cccc(-c2ccc(S(=O)(=O)NC3CCNC3)c(S(N)(=O)=O)c2-c2nn[nH]n2)n1. The average Bonchev–Trinajstić information content (AvgIpc) is 3.40. The van der Waals surface area contributed by atoms with Gasteiger partial charge in [-0.15, -0.1) is 10.2 Å². The van der Waals surface area contributed by atoms with E-state index >= 15 is 0 Å². The van der Waals surface area contributed by atoms with Crippen molar-refractivity contribution in [3.63, 3.8) is 0 Å². The molecule has 1 aromatic carbocycles. The molecular formula is C16H19N9O4S2. The zero-order chi connectivity index (χ0) is 22.2. The molecule has 0 amide bonds.